The Labute approximate surface area is 59.1 Å². The van der Waals surface area contributed by atoms with Crippen molar-refractivity contribution < 1.29 is 46.7 Å². The molecule has 0 atom stereocenters. The van der Waals surface area contributed by atoms with Crippen LogP contribution in [0.15, 0.2) is 0 Å². The van der Waals surface area contributed by atoms with Crippen molar-refractivity contribution >= 4 is 6.41 Å². The molecule has 0 aromatic heterocycles. The van der Waals surface area contributed by atoms with E-state index in [1.54, 1.807) is 0 Å². The van der Waals surface area contributed by atoms with Crippen molar-refractivity contribution in [2.75, 3.05) is 0 Å². The summed E-state index contributed by atoms with van der Waals surface area (Å²) in [5.41, 5.74) is 4.17. The van der Waals surface area contributed by atoms with Gasteiger partial charge in [-0.25, -0.2) is 0 Å². The molecule has 2 nitrogen and oxygen atoms in total. The van der Waals surface area contributed by atoms with Crippen LogP contribution in [0.5, 0.6) is 0 Å². The summed E-state index contributed by atoms with van der Waals surface area (Å²) in [6.07, 6.45) is 0.250. The number of amides is 1. The van der Waals surface area contributed by atoms with Crippen molar-refractivity contribution in [2.24, 2.45) is 5.73 Å². The number of primary amides is 1. The third-order valence-corrected chi connectivity index (χ3v) is 0. The summed E-state index contributed by atoms with van der Waals surface area (Å²) >= 11 is 0. The molecule has 5 heteroatoms. The Balaban J connectivity index is -0.00000000667. The van der Waals surface area contributed by atoms with Crippen molar-refractivity contribution in [3.05, 3.63) is 0 Å². The molecule has 0 spiro atoms. The molecular weight excluding hydrogens is 168 g/mol. The molecule has 2 N–H and O–H groups in total. The normalized spacial score (nSPS) is 2.00. The molecule has 6 heavy (non-hydrogen) atoms. The van der Waals surface area contributed by atoms with Gasteiger partial charge in [-0.15, -0.1) is 0 Å². The predicted molar refractivity (Wildman–Crippen MR) is 10.3 cm³/mol. The van der Waals surface area contributed by atoms with Crippen LogP contribution in [0, 0.1) is 0 Å². The van der Waals surface area contributed by atoms with Gasteiger partial charge >= 0.3 is 17.1 Å². The molecule has 0 fully saturated rings. The molecule has 0 aromatic rings. The maximum atomic E-state index is 8.58. The average molecular weight is 171 g/mol. The zero-order valence-corrected chi connectivity index (χ0v) is 5.39. The average Bonchev–Trinajstić information content (AvgIpc) is 0.918. The molecule has 1 amide bonds. The molecule has 1 radical (unpaired) electrons. The van der Waals surface area contributed by atoms with Crippen LogP contribution >= 0.6 is 0 Å². The second-order valence-corrected chi connectivity index (χ2v) is 0.136. The molecule has 0 aliphatic heterocycles. The second kappa shape index (κ2) is 47.2. The van der Waals surface area contributed by atoms with Crippen molar-refractivity contribution in [3.63, 3.8) is 0 Å². The van der Waals surface area contributed by atoms with E-state index >= 15 is 0 Å². The van der Waals surface area contributed by atoms with E-state index in [0.29, 0.717) is 0 Å². The van der Waals surface area contributed by atoms with Gasteiger partial charge in [0.25, 0.3) is 0 Å². The van der Waals surface area contributed by atoms with E-state index in [-0.39, 0.29) is 48.3 Å². The number of hydrogen-bond donors (Lipinski definition) is 1. The largest absolute Gasteiger partial charge is 2.00 e. The fraction of sp³-hybridized carbons (Fsp3) is 0. The van der Waals surface area contributed by atoms with Gasteiger partial charge in [0.05, 0.1) is 0 Å². The standard InChI is InChI=1S/CH3NO.2ClH.Mn/c2-1-3;;;/h1H,(H2,2,3);2*1H;/q;;;+2/p-2. The predicted octanol–water partition coefficient (Wildman–Crippen LogP) is -6.89. The molecule has 0 bridgehead atoms. The number of nitrogens with two attached hydrogens (primary N) is 1. The van der Waals surface area contributed by atoms with Crippen LogP contribution in [0.25, 0.3) is 0 Å². The Morgan fingerprint density at radius 3 is 1.33 bits per heavy atom. The van der Waals surface area contributed by atoms with E-state index in [2.05, 4.69) is 5.73 Å². The Kier molecular flexibility index (Phi) is 243. The molecule has 0 aliphatic carbocycles. The van der Waals surface area contributed by atoms with E-state index in [9.17, 15) is 0 Å². The minimum atomic E-state index is 0. The summed E-state index contributed by atoms with van der Waals surface area (Å²) in [5, 5.41) is 0. The molecule has 39 valence electrons. The van der Waals surface area contributed by atoms with Crippen molar-refractivity contribution in [2.45, 2.75) is 0 Å². The first-order valence-electron chi connectivity index (χ1n) is 0.569. The number of carbonyl (C=O) groups excluding carboxylic acids is 1. The maximum absolute atomic E-state index is 8.58. The first kappa shape index (κ1) is 30.9. The van der Waals surface area contributed by atoms with Gasteiger partial charge in [0, 0.05) is 0 Å². The maximum Gasteiger partial charge on any atom is 2.00 e. The van der Waals surface area contributed by atoms with Gasteiger partial charge in [0.2, 0.25) is 6.41 Å². The first-order valence-corrected chi connectivity index (χ1v) is 0.569. The zero-order chi connectivity index (χ0) is 2.71. The van der Waals surface area contributed by atoms with Gasteiger partial charge in [0.1, 0.15) is 0 Å². The van der Waals surface area contributed by atoms with Crippen molar-refractivity contribution in [3.8, 4) is 0 Å². The number of halogens is 2. The van der Waals surface area contributed by atoms with Crippen LogP contribution in [0.1, 0.15) is 0 Å². The van der Waals surface area contributed by atoms with Gasteiger partial charge in [-0.3, -0.25) is 4.79 Å². The summed E-state index contributed by atoms with van der Waals surface area (Å²) in [6.45, 7) is 0. The van der Waals surface area contributed by atoms with Gasteiger partial charge in [-0.2, -0.15) is 0 Å². The van der Waals surface area contributed by atoms with Crippen LogP contribution in [0.2, 0.25) is 0 Å². The Morgan fingerprint density at radius 2 is 1.33 bits per heavy atom. The minimum Gasteiger partial charge on any atom is -1.00 e. The molecule has 0 saturated heterocycles. The van der Waals surface area contributed by atoms with Gasteiger partial charge in [-0.05, 0) is 0 Å². The fourth-order valence-corrected chi connectivity index (χ4v) is 0. The van der Waals surface area contributed by atoms with Gasteiger partial charge < -0.3 is 30.5 Å². The van der Waals surface area contributed by atoms with E-state index in [1.807, 2.05) is 0 Å². The van der Waals surface area contributed by atoms with Crippen LogP contribution in [0.3, 0.4) is 0 Å². The van der Waals surface area contributed by atoms with Crippen LogP contribution < -0.4 is 30.5 Å². The summed E-state index contributed by atoms with van der Waals surface area (Å²) in [7, 11) is 0. The topological polar surface area (TPSA) is 43.1 Å². The third kappa shape index (κ3) is 180. The Hall–Kier alpha value is 0.569. The quantitative estimate of drug-likeness (QED) is 0.285. The summed E-state index contributed by atoms with van der Waals surface area (Å²) < 4.78 is 0. The van der Waals surface area contributed by atoms with Crippen LogP contribution in [-0.2, 0) is 21.9 Å². The Bertz CT molecular complexity index is 21.0. The zero-order valence-electron chi connectivity index (χ0n) is 2.70. The molecule has 0 heterocycles. The summed E-state index contributed by atoms with van der Waals surface area (Å²) in [5.74, 6) is 0. The van der Waals surface area contributed by atoms with E-state index in [0.717, 1.165) is 0 Å². The van der Waals surface area contributed by atoms with Gasteiger partial charge in [0.15, 0.2) is 0 Å². The molecule has 0 aromatic carbocycles. The fourth-order valence-electron chi connectivity index (χ4n) is 0. The van der Waals surface area contributed by atoms with E-state index in [1.165, 1.54) is 0 Å². The first-order chi connectivity index (χ1) is 1.41. The Morgan fingerprint density at radius 1 is 1.33 bits per heavy atom. The molecule has 0 unspecified atom stereocenters. The van der Waals surface area contributed by atoms with Crippen LogP contribution in [-0.4, -0.2) is 6.41 Å². The third-order valence-electron chi connectivity index (χ3n) is 0. The SMILES string of the molecule is NC=O.[Cl-].[Cl-].[Mn+2]. The minimum absolute atomic E-state index is 0. The van der Waals surface area contributed by atoms with Crippen LogP contribution in [0.4, 0.5) is 0 Å². The van der Waals surface area contributed by atoms with Crippen molar-refractivity contribution in [1.29, 1.82) is 0 Å². The number of carbonyl (C=O) groups is 1. The molecule has 0 saturated carbocycles. The van der Waals surface area contributed by atoms with Crippen molar-refractivity contribution in [1.82, 2.24) is 0 Å². The van der Waals surface area contributed by atoms with E-state index < -0.39 is 0 Å². The monoisotopic (exact) mass is 170 g/mol. The van der Waals surface area contributed by atoms with E-state index in [4.69, 9.17) is 4.79 Å². The molecule has 0 rings (SSSR count). The molecular formula is CH3Cl2MnNO. The second-order valence-electron chi connectivity index (χ2n) is 0.136. The molecule has 0 aliphatic rings. The smallest absolute Gasteiger partial charge is 1.00 e. The number of hydrogen-bond acceptors (Lipinski definition) is 1. The van der Waals surface area contributed by atoms with Gasteiger partial charge in [-0.1, -0.05) is 0 Å². The summed E-state index contributed by atoms with van der Waals surface area (Å²) in [4.78, 5) is 8.58. The summed E-state index contributed by atoms with van der Waals surface area (Å²) in [6, 6.07) is 0. The number of rotatable bonds is 0.